The highest BCUT2D eigenvalue weighted by atomic mass is 79.9. The van der Waals surface area contributed by atoms with Crippen LogP contribution in [0.3, 0.4) is 0 Å². The Bertz CT molecular complexity index is 559. The van der Waals surface area contributed by atoms with E-state index in [2.05, 4.69) is 30.9 Å². The molecule has 1 saturated heterocycles. The Morgan fingerprint density at radius 1 is 1.37 bits per heavy atom. The molecule has 0 saturated carbocycles. The smallest absolute Gasteiger partial charge is 0.156 e. The van der Waals surface area contributed by atoms with Gasteiger partial charge in [-0.3, -0.25) is 0 Å². The van der Waals surface area contributed by atoms with E-state index in [9.17, 15) is 0 Å². The van der Waals surface area contributed by atoms with Crippen molar-refractivity contribution in [1.82, 2.24) is 19.5 Å². The van der Waals surface area contributed by atoms with Crippen molar-refractivity contribution in [2.24, 2.45) is 5.73 Å². The lowest BCUT2D eigenvalue weighted by atomic mass is 9.96. The molecule has 3 heterocycles. The number of hydrogen-bond acceptors (Lipinski definition) is 4. The molecular weight excluding hydrogens is 306 g/mol. The third kappa shape index (κ3) is 2.80. The number of piperidine rings is 1. The summed E-state index contributed by atoms with van der Waals surface area (Å²) in [6.45, 7) is 3.94. The monoisotopic (exact) mass is 323 g/mol. The third-order valence-electron chi connectivity index (χ3n) is 3.71. The number of hydrogen-bond donors (Lipinski definition) is 1. The minimum absolute atomic E-state index is 0.479. The molecule has 0 radical (unpaired) electrons. The van der Waals surface area contributed by atoms with Crippen LogP contribution in [0.15, 0.2) is 22.8 Å². The summed E-state index contributed by atoms with van der Waals surface area (Å²) in [7, 11) is 0. The maximum Gasteiger partial charge on any atom is 0.156 e. The number of fused-ring (bicyclic) bond motifs is 1. The number of halogens is 1. The van der Waals surface area contributed by atoms with Crippen molar-refractivity contribution in [3.63, 3.8) is 0 Å². The third-order valence-corrected chi connectivity index (χ3v) is 4.21. The van der Waals surface area contributed by atoms with E-state index in [1.807, 2.05) is 22.8 Å². The second-order valence-electron chi connectivity index (χ2n) is 5.02. The van der Waals surface area contributed by atoms with Gasteiger partial charge in [-0.25, -0.2) is 9.50 Å². The van der Waals surface area contributed by atoms with Gasteiger partial charge >= 0.3 is 0 Å². The van der Waals surface area contributed by atoms with Crippen molar-refractivity contribution >= 4 is 21.6 Å². The fraction of sp³-hybridized carbons (Fsp3) is 0.538. The number of pyridine rings is 1. The van der Waals surface area contributed by atoms with Crippen molar-refractivity contribution in [3.05, 3.63) is 28.6 Å². The fourth-order valence-electron chi connectivity index (χ4n) is 2.64. The standard InChI is InChI=1S/C13H18BrN5/c14-11-3-7-19-12(9-11)16-13(17-19)10-1-5-18(6-2-10)8-4-15/h3,7,9-10H,1-2,4-6,8,15H2. The van der Waals surface area contributed by atoms with Gasteiger partial charge in [-0.2, -0.15) is 5.10 Å². The summed E-state index contributed by atoms with van der Waals surface area (Å²) in [5, 5.41) is 4.59. The van der Waals surface area contributed by atoms with Crippen LogP contribution in [0.1, 0.15) is 24.6 Å². The average molecular weight is 324 g/mol. The number of rotatable bonds is 3. The van der Waals surface area contributed by atoms with Gasteiger partial charge in [0.25, 0.3) is 0 Å². The Hall–Kier alpha value is -0.980. The van der Waals surface area contributed by atoms with Gasteiger partial charge in [-0.05, 0) is 38.1 Å². The Morgan fingerprint density at radius 2 is 2.16 bits per heavy atom. The minimum atomic E-state index is 0.479. The largest absolute Gasteiger partial charge is 0.329 e. The van der Waals surface area contributed by atoms with Gasteiger partial charge in [0.2, 0.25) is 0 Å². The second-order valence-corrected chi connectivity index (χ2v) is 5.94. The van der Waals surface area contributed by atoms with E-state index in [-0.39, 0.29) is 0 Å². The molecule has 0 atom stereocenters. The summed E-state index contributed by atoms with van der Waals surface area (Å²) in [5.74, 6) is 1.46. The van der Waals surface area contributed by atoms with Crippen LogP contribution in [0.5, 0.6) is 0 Å². The molecule has 102 valence electrons. The first kappa shape index (κ1) is 13.0. The lowest BCUT2D eigenvalue weighted by Gasteiger charge is -2.30. The Balaban J connectivity index is 1.74. The van der Waals surface area contributed by atoms with Crippen LogP contribution in [0.2, 0.25) is 0 Å². The van der Waals surface area contributed by atoms with Gasteiger partial charge in [0.15, 0.2) is 11.5 Å². The summed E-state index contributed by atoms with van der Waals surface area (Å²) in [6.07, 6.45) is 4.19. The van der Waals surface area contributed by atoms with E-state index in [1.165, 1.54) is 0 Å². The first-order valence-corrected chi connectivity index (χ1v) is 7.50. The molecule has 19 heavy (non-hydrogen) atoms. The Labute approximate surface area is 120 Å². The molecule has 2 aromatic heterocycles. The molecule has 0 unspecified atom stereocenters. The summed E-state index contributed by atoms with van der Waals surface area (Å²) in [5.41, 5.74) is 6.51. The molecule has 1 aliphatic rings. The van der Waals surface area contributed by atoms with Crippen LogP contribution in [-0.2, 0) is 0 Å². The predicted octanol–water partition coefficient (Wildman–Crippen LogP) is 1.63. The zero-order valence-electron chi connectivity index (χ0n) is 10.8. The topological polar surface area (TPSA) is 59.5 Å². The first-order chi connectivity index (χ1) is 9.26. The van der Waals surface area contributed by atoms with Crippen molar-refractivity contribution in [3.8, 4) is 0 Å². The van der Waals surface area contributed by atoms with E-state index in [0.717, 1.165) is 55.0 Å². The maximum atomic E-state index is 5.60. The lowest BCUT2D eigenvalue weighted by Crippen LogP contribution is -2.36. The van der Waals surface area contributed by atoms with Crippen LogP contribution in [0.4, 0.5) is 0 Å². The Morgan fingerprint density at radius 3 is 2.89 bits per heavy atom. The second kappa shape index (κ2) is 5.56. The number of likely N-dealkylation sites (tertiary alicyclic amines) is 1. The van der Waals surface area contributed by atoms with Crippen LogP contribution in [0.25, 0.3) is 5.65 Å². The molecule has 0 aliphatic carbocycles. The van der Waals surface area contributed by atoms with Gasteiger partial charge in [-0.1, -0.05) is 15.9 Å². The highest BCUT2D eigenvalue weighted by Gasteiger charge is 2.23. The highest BCUT2D eigenvalue weighted by molar-refractivity contribution is 9.10. The Kier molecular flexibility index (Phi) is 3.81. The molecule has 2 N–H and O–H groups in total. The van der Waals surface area contributed by atoms with Gasteiger partial charge in [0.1, 0.15) is 0 Å². The molecule has 0 spiro atoms. The summed E-state index contributed by atoms with van der Waals surface area (Å²) in [4.78, 5) is 7.07. The molecule has 5 nitrogen and oxygen atoms in total. The average Bonchev–Trinajstić information content (AvgIpc) is 2.83. The van der Waals surface area contributed by atoms with E-state index >= 15 is 0 Å². The number of nitrogens with two attached hydrogens (primary N) is 1. The van der Waals surface area contributed by atoms with Gasteiger partial charge in [-0.15, -0.1) is 0 Å². The molecule has 0 amide bonds. The first-order valence-electron chi connectivity index (χ1n) is 6.70. The molecular formula is C13H18BrN5. The molecule has 1 aliphatic heterocycles. The maximum absolute atomic E-state index is 5.60. The lowest BCUT2D eigenvalue weighted by molar-refractivity contribution is 0.214. The van der Waals surface area contributed by atoms with Gasteiger partial charge in [0, 0.05) is 29.7 Å². The fourth-order valence-corrected chi connectivity index (χ4v) is 2.97. The SMILES string of the molecule is NCCN1CCC(c2nc3cc(Br)ccn3n2)CC1. The zero-order valence-corrected chi connectivity index (χ0v) is 12.4. The number of aromatic nitrogens is 3. The normalized spacial score (nSPS) is 18.2. The quantitative estimate of drug-likeness (QED) is 0.932. The van der Waals surface area contributed by atoms with E-state index in [4.69, 9.17) is 5.73 Å². The minimum Gasteiger partial charge on any atom is -0.329 e. The number of nitrogens with zero attached hydrogens (tertiary/aromatic N) is 4. The zero-order chi connectivity index (χ0) is 13.2. The summed E-state index contributed by atoms with van der Waals surface area (Å²) >= 11 is 3.46. The predicted molar refractivity (Wildman–Crippen MR) is 78.2 cm³/mol. The van der Waals surface area contributed by atoms with Crippen molar-refractivity contribution < 1.29 is 0 Å². The molecule has 6 heteroatoms. The van der Waals surface area contributed by atoms with Gasteiger partial charge < -0.3 is 10.6 Å². The van der Waals surface area contributed by atoms with E-state index in [1.54, 1.807) is 0 Å². The van der Waals surface area contributed by atoms with E-state index in [0.29, 0.717) is 5.92 Å². The van der Waals surface area contributed by atoms with Crippen molar-refractivity contribution in [1.29, 1.82) is 0 Å². The van der Waals surface area contributed by atoms with Crippen LogP contribution in [0, 0.1) is 0 Å². The van der Waals surface area contributed by atoms with Crippen LogP contribution < -0.4 is 5.73 Å². The van der Waals surface area contributed by atoms with Crippen LogP contribution >= 0.6 is 15.9 Å². The molecule has 1 fully saturated rings. The van der Waals surface area contributed by atoms with Crippen molar-refractivity contribution in [2.75, 3.05) is 26.2 Å². The molecule has 0 aromatic carbocycles. The summed E-state index contributed by atoms with van der Waals surface area (Å²) < 4.78 is 2.89. The van der Waals surface area contributed by atoms with Crippen molar-refractivity contribution in [2.45, 2.75) is 18.8 Å². The van der Waals surface area contributed by atoms with E-state index < -0.39 is 0 Å². The summed E-state index contributed by atoms with van der Waals surface area (Å²) in [6, 6.07) is 3.98. The van der Waals surface area contributed by atoms with Crippen LogP contribution in [-0.4, -0.2) is 45.7 Å². The molecule has 2 aromatic rings. The molecule has 0 bridgehead atoms. The molecule has 3 rings (SSSR count). The highest BCUT2D eigenvalue weighted by Crippen LogP contribution is 2.26. The van der Waals surface area contributed by atoms with Gasteiger partial charge in [0.05, 0.1) is 0 Å².